The number of hydrogen-bond donors (Lipinski definition) is 3. The second-order valence-corrected chi connectivity index (χ2v) is 5.26. The molecule has 0 heterocycles. The zero-order chi connectivity index (χ0) is 12.7. The lowest BCUT2D eigenvalue weighted by atomic mass is 10.1. The average Bonchev–Trinajstić information content (AvgIpc) is 2.35. The van der Waals surface area contributed by atoms with Crippen molar-refractivity contribution >= 4 is 10.2 Å². The highest BCUT2D eigenvalue weighted by atomic mass is 32.2. The summed E-state index contributed by atoms with van der Waals surface area (Å²) in [5, 5.41) is 9.75. The molecule has 96 valence electrons. The van der Waals surface area contributed by atoms with Gasteiger partial charge < -0.3 is 5.11 Å². The van der Waals surface area contributed by atoms with E-state index in [0.717, 1.165) is 6.42 Å². The topological polar surface area (TPSA) is 78.4 Å². The van der Waals surface area contributed by atoms with Gasteiger partial charge in [-0.1, -0.05) is 37.3 Å². The Morgan fingerprint density at radius 2 is 1.88 bits per heavy atom. The molecule has 3 N–H and O–H groups in total. The highest BCUT2D eigenvalue weighted by Crippen LogP contribution is 2.10. The highest BCUT2D eigenvalue weighted by Gasteiger charge is 2.12. The van der Waals surface area contributed by atoms with E-state index in [1.54, 1.807) is 24.3 Å². The van der Waals surface area contributed by atoms with Crippen molar-refractivity contribution in [2.45, 2.75) is 19.4 Å². The third-order valence-corrected chi connectivity index (χ3v) is 3.32. The Balaban J connectivity index is 2.46. The van der Waals surface area contributed by atoms with Crippen LogP contribution in [0.1, 0.15) is 25.0 Å². The van der Waals surface area contributed by atoms with Gasteiger partial charge in [0.15, 0.2) is 0 Å². The van der Waals surface area contributed by atoms with Crippen LogP contribution in [-0.2, 0) is 10.2 Å². The molecule has 0 saturated carbocycles. The third-order valence-electron chi connectivity index (χ3n) is 2.19. The zero-order valence-electron chi connectivity index (χ0n) is 9.76. The van der Waals surface area contributed by atoms with Gasteiger partial charge in [-0.05, 0) is 12.0 Å². The molecular weight excluding hydrogens is 240 g/mol. The molecule has 0 aliphatic carbocycles. The second kappa shape index (κ2) is 6.70. The summed E-state index contributed by atoms with van der Waals surface area (Å²) >= 11 is 0. The summed E-state index contributed by atoms with van der Waals surface area (Å²) in [4.78, 5) is 0. The predicted molar refractivity (Wildman–Crippen MR) is 66.6 cm³/mol. The second-order valence-electron chi connectivity index (χ2n) is 3.67. The van der Waals surface area contributed by atoms with Crippen molar-refractivity contribution in [2.75, 3.05) is 13.1 Å². The van der Waals surface area contributed by atoms with E-state index in [4.69, 9.17) is 0 Å². The number of aliphatic hydroxyl groups excluding tert-OH is 1. The van der Waals surface area contributed by atoms with Gasteiger partial charge in [-0.3, -0.25) is 0 Å². The van der Waals surface area contributed by atoms with Gasteiger partial charge in [0.05, 0.1) is 6.10 Å². The van der Waals surface area contributed by atoms with Crippen molar-refractivity contribution in [3.63, 3.8) is 0 Å². The molecule has 0 spiro atoms. The number of nitrogens with one attached hydrogen (secondary N) is 2. The van der Waals surface area contributed by atoms with Crippen LogP contribution in [0.4, 0.5) is 0 Å². The first kappa shape index (κ1) is 14.1. The number of benzene rings is 1. The molecule has 17 heavy (non-hydrogen) atoms. The summed E-state index contributed by atoms with van der Waals surface area (Å²) in [5.41, 5.74) is 0.686. The maximum atomic E-state index is 11.4. The molecule has 1 unspecified atom stereocenters. The van der Waals surface area contributed by atoms with Crippen LogP contribution in [0.3, 0.4) is 0 Å². The Morgan fingerprint density at radius 1 is 1.24 bits per heavy atom. The van der Waals surface area contributed by atoms with Gasteiger partial charge in [-0.25, -0.2) is 4.72 Å². The van der Waals surface area contributed by atoms with Crippen LogP contribution >= 0.6 is 0 Å². The molecule has 1 aromatic carbocycles. The van der Waals surface area contributed by atoms with E-state index in [1.807, 2.05) is 13.0 Å². The Bertz CT molecular complexity index is 420. The van der Waals surface area contributed by atoms with Gasteiger partial charge in [0.1, 0.15) is 0 Å². The average molecular weight is 258 g/mol. The van der Waals surface area contributed by atoms with Crippen molar-refractivity contribution in [3.05, 3.63) is 35.9 Å². The fourth-order valence-corrected chi connectivity index (χ4v) is 2.22. The number of hydrogen-bond acceptors (Lipinski definition) is 3. The highest BCUT2D eigenvalue weighted by molar-refractivity contribution is 7.87. The normalized spacial score (nSPS) is 13.5. The van der Waals surface area contributed by atoms with Crippen LogP contribution in [-0.4, -0.2) is 26.6 Å². The van der Waals surface area contributed by atoms with Crippen molar-refractivity contribution in [1.29, 1.82) is 0 Å². The SMILES string of the molecule is CCCNS(=O)(=O)NCC(O)c1ccccc1. The zero-order valence-corrected chi connectivity index (χ0v) is 10.6. The van der Waals surface area contributed by atoms with E-state index >= 15 is 0 Å². The van der Waals surface area contributed by atoms with E-state index < -0.39 is 16.3 Å². The van der Waals surface area contributed by atoms with Crippen LogP contribution < -0.4 is 9.44 Å². The smallest absolute Gasteiger partial charge is 0.277 e. The Labute approximate surface area is 102 Å². The summed E-state index contributed by atoms with van der Waals surface area (Å²) in [6.07, 6.45) is -0.114. The summed E-state index contributed by atoms with van der Waals surface area (Å²) in [6, 6.07) is 8.92. The molecule has 0 aromatic heterocycles. The molecular formula is C11H18N2O3S. The van der Waals surface area contributed by atoms with Crippen LogP contribution in [0, 0.1) is 0 Å². The summed E-state index contributed by atoms with van der Waals surface area (Å²) in [5.74, 6) is 0. The van der Waals surface area contributed by atoms with Gasteiger partial charge in [0, 0.05) is 13.1 Å². The van der Waals surface area contributed by atoms with E-state index in [1.165, 1.54) is 0 Å². The number of aliphatic hydroxyl groups is 1. The Hall–Kier alpha value is -0.950. The maximum Gasteiger partial charge on any atom is 0.277 e. The summed E-state index contributed by atoms with van der Waals surface area (Å²) in [6.45, 7) is 2.22. The molecule has 0 aliphatic heterocycles. The van der Waals surface area contributed by atoms with E-state index in [2.05, 4.69) is 9.44 Å². The molecule has 0 radical (unpaired) electrons. The standard InChI is InChI=1S/C11H18N2O3S/c1-2-8-12-17(15,16)13-9-11(14)10-6-4-3-5-7-10/h3-7,11-14H,2,8-9H2,1H3. The van der Waals surface area contributed by atoms with Gasteiger partial charge in [0.25, 0.3) is 10.2 Å². The first-order valence-corrected chi connectivity index (χ1v) is 7.00. The van der Waals surface area contributed by atoms with Crippen LogP contribution in [0.2, 0.25) is 0 Å². The molecule has 0 aliphatic rings. The lowest BCUT2D eigenvalue weighted by Crippen LogP contribution is -2.38. The first-order valence-electron chi connectivity index (χ1n) is 5.52. The van der Waals surface area contributed by atoms with Gasteiger partial charge in [-0.2, -0.15) is 13.1 Å². The fraction of sp³-hybridized carbons (Fsp3) is 0.455. The predicted octanol–water partition coefficient (Wildman–Crippen LogP) is 0.554. The van der Waals surface area contributed by atoms with Gasteiger partial charge in [-0.15, -0.1) is 0 Å². The molecule has 0 amide bonds. The largest absolute Gasteiger partial charge is 0.387 e. The molecule has 0 bridgehead atoms. The summed E-state index contributed by atoms with van der Waals surface area (Å²) < 4.78 is 27.5. The van der Waals surface area contributed by atoms with E-state index in [0.29, 0.717) is 12.1 Å². The van der Waals surface area contributed by atoms with Gasteiger partial charge in [0.2, 0.25) is 0 Å². The fourth-order valence-electron chi connectivity index (χ4n) is 1.27. The molecule has 0 saturated heterocycles. The molecule has 1 aromatic rings. The Kier molecular flexibility index (Phi) is 5.57. The monoisotopic (exact) mass is 258 g/mol. The van der Waals surface area contributed by atoms with E-state index in [-0.39, 0.29) is 6.54 Å². The quantitative estimate of drug-likeness (QED) is 0.668. The van der Waals surface area contributed by atoms with Crippen LogP contribution in [0.5, 0.6) is 0 Å². The van der Waals surface area contributed by atoms with Crippen molar-refractivity contribution < 1.29 is 13.5 Å². The van der Waals surface area contributed by atoms with Crippen molar-refractivity contribution in [2.24, 2.45) is 0 Å². The van der Waals surface area contributed by atoms with Crippen molar-refractivity contribution in [1.82, 2.24) is 9.44 Å². The minimum absolute atomic E-state index is 0.0386. The van der Waals surface area contributed by atoms with Crippen molar-refractivity contribution in [3.8, 4) is 0 Å². The minimum Gasteiger partial charge on any atom is -0.387 e. The third kappa shape index (κ3) is 5.27. The molecule has 0 fully saturated rings. The Morgan fingerprint density at radius 3 is 2.47 bits per heavy atom. The van der Waals surface area contributed by atoms with Crippen LogP contribution in [0.25, 0.3) is 0 Å². The molecule has 5 nitrogen and oxygen atoms in total. The molecule has 6 heteroatoms. The van der Waals surface area contributed by atoms with Gasteiger partial charge >= 0.3 is 0 Å². The minimum atomic E-state index is -3.51. The number of rotatable bonds is 7. The molecule has 1 atom stereocenters. The lowest BCUT2D eigenvalue weighted by Gasteiger charge is -2.12. The first-order chi connectivity index (χ1) is 8.05. The summed E-state index contributed by atoms with van der Waals surface area (Å²) in [7, 11) is -3.51. The van der Waals surface area contributed by atoms with Crippen LogP contribution in [0.15, 0.2) is 30.3 Å². The van der Waals surface area contributed by atoms with E-state index in [9.17, 15) is 13.5 Å². The lowest BCUT2D eigenvalue weighted by molar-refractivity contribution is 0.182. The molecule has 1 rings (SSSR count). The maximum absolute atomic E-state index is 11.4.